The van der Waals surface area contributed by atoms with Crippen LogP contribution < -0.4 is 9.47 Å². The van der Waals surface area contributed by atoms with E-state index in [0.717, 1.165) is 5.56 Å². The Kier molecular flexibility index (Phi) is 3.55. The highest BCUT2D eigenvalue weighted by Gasteiger charge is 2.15. The molecule has 0 amide bonds. The SMILES string of the molecule is COc1ccc(C)c(OC)c1CC(=O)O. The van der Waals surface area contributed by atoms with Crippen molar-refractivity contribution in [2.24, 2.45) is 0 Å². The molecule has 1 N–H and O–H groups in total. The average molecular weight is 210 g/mol. The largest absolute Gasteiger partial charge is 0.496 e. The van der Waals surface area contributed by atoms with E-state index in [1.54, 1.807) is 6.07 Å². The Morgan fingerprint density at radius 3 is 2.47 bits per heavy atom. The fourth-order valence-electron chi connectivity index (χ4n) is 1.52. The maximum atomic E-state index is 10.7. The van der Waals surface area contributed by atoms with Gasteiger partial charge in [0.15, 0.2) is 0 Å². The molecule has 1 aromatic rings. The quantitative estimate of drug-likeness (QED) is 0.820. The van der Waals surface area contributed by atoms with Gasteiger partial charge in [-0.05, 0) is 18.6 Å². The smallest absolute Gasteiger partial charge is 0.308 e. The summed E-state index contributed by atoms with van der Waals surface area (Å²) in [6.07, 6.45) is -0.103. The van der Waals surface area contributed by atoms with Gasteiger partial charge in [0.1, 0.15) is 11.5 Å². The predicted molar refractivity (Wildman–Crippen MR) is 55.6 cm³/mol. The first kappa shape index (κ1) is 11.4. The number of ether oxygens (including phenoxy) is 2. The standard InChI is InChI=1S/C11H14O4/c1-7-4-5-9(14-2)8(6-10(12)13)11(7)15-3/h4-5H,6H2,1-3H3,(H,12,13). The first-order chi connectivity index (χ1) is 7.10. The van der Waals surface area contributed by atoms with Gasteiger partial charge in [0.05, 0.1) is 20.6 Å². The minimum absolute atomic E-state index is 0.103. The third-order valence-electron chi connectivity index (χ3n) is 2.17. The number of rotatable bonds is 4. The summed E-state index contributed by atoms with van der Waals surface area (Å²) in [5, 5.41) is 8.79. The van der Waals surface area contributed by atoms with Gasteiger partial charge in [0.2, 0.25) is 0 Å². The van der Waals surface area contributed by atoms with E-state index in [1.165, 1.54) is 14.2 Å². The van der Waals surface area contributed by atoms with Crippen molar-refractivity contribution in [3.8, 4) is 11.5 Å². The van der Waals surface area contributed by atoms with E-state index < -0.39 is 5.97 Å². The molecular weight excluding hydrogens is 196 g/mol. The summed E-state index contributed by atoms with van der Waals surface area (Å²) in [6, 6.07) is 3.58. The van der Waals surface area contributed by atoms with Gasteiger partial charge in [0, 0.05) is 5.56 Å². The van der Waals surface area contributed by atoms with Crippen molar-refractivity contribution >= 4 is 5.97 Å². The minimum atomic E-state index is -0.905. The predicted octanol–water partition coefficient (Wildman–Crippen LogP) is 1.64. The van der Waals surface area contributed by atoms with Gasteiger partial charge >= 0.3 is 5.97 Å². The van der Waals surface area contributed by atoms with Crippen LogP contribution in [-0.4, -0.2) is 25.3 Å². The molecule has 0 atom stereocenters. The van der Waals surface area contributed by atoms with Gasteiger partial charge in [-0.25, -0.2) is 0 Å². The van der Waals surface area contributed by atoms with Crippen LogP contribution in [0.1, 0.15) is 11.1 Å². The molecule has 1 aromatic carbocycles. The Balaban J connectivity index is 3.26. The van der Waals surface area contributed by atoms with Crippen LogP contribution in [0.15, 0.2) is 12.1 Å². The maximum Gasteiger partial charge on any atom is 0.308 e. The molecule has 0 saturated heterocycles. The molecular formula is C11H14O4. The summed E-state index contributed by atoms with van der Waals surface area (Å²) >= 11 is 0. The van der Waals surface area contributed by atoms with Gasteiger partial charge in [-0.15, -0.1) is 0 Å². The number of carboxylic acids is 1. The lowest BCUT2D eigenvalue weighted by atomic mass is 10.1. The van der Waals surface area contributed by atoms with Crippen molar-refractivity contribution in [1.29, 1.82) is 0 Å². The molecule has 0 aliphatic heterocycles. The Hall–Kier alpha value is -1.71. The molecule has 0 aliphatic rings. The van der Waals surface area contributed by atoms with E-state index in [9.17, 15) is 4.79 Å². The van der Waals surface area contributed by atoms with E-state index in [4.69, 9.17) is 14.6 Å². The second-order valence-corrected chi connectivity index (χ2v) is 3.17. The number of methoxy groups -OCH3 is 2. The molecule has 4 nitrogen and oxygen atoms in total. The third kappa shape index (κ3) is 2.40. The van der Waals surface area contributed by atoms with Crippen molar-refractivity contribution in [1.82, 2.24) is 0 Å². The Morgan fingerprint density at radius 1 is 1.33 bits per heavy atom. The fraction of sp³-hybridized carbons (Fsp3) is 0.364. The number of aliphatic carboxylic acids is 1. The minimum Gasteiger partial charge on any atom is -0.496 e. The highest BCUT2D eigenvalue weighted by atomic mass is 16.5. The van der Waals surface area contributed by atoms with Gasteiger partial charge in [-0.3, -0.25) is 4.79 Å². The van der Waals surface area contributed by atoms with E-state index in [-0.39, 0.29) is 6.42 Å². The Morgan fingerprint density at radius 2 is 2.00 bits per heavy atom. The van der Waals surface area contributed by atoms with Crippen molar-refractivity contribution in [3.63, 3.8) is 0 Å². The summed E-state index contributed by atoms with van der Waals surface area (Å²) in [4.78, 5) is 10.7. The molecule has 4 heteroatoms. The Labute approximate surface area is 88.4 Å². The molecule has 0 radical (unpaired) electrons. The summed E-state index contributed by atoms with van der Waals surface area (Å²) in [7, 11) is 3.03. The van der Waals surface area contributed by atoms with Crippen molar-refractivity contribution < 1.29 is 19.4 Å². The summed E-state index contributed by atoms with van der Waals surface area (Å²) in [5.74, 6) is 0.216. The second kappa shape index (κ2) is 4.68. The highest BCUT2D eigenvalue weighted by Crippen LogP contribution is 2.32. The number of hydrogen-bond donors (Lipinski definition) is 1. The van der Waals surface area contributed by atoms with Crippen LogP contribution in [0.25, 0.3) is 0 Å². The summed E-state index contributed by atoms with van der Waals surface area (Å²) in [5.41, 5.74) is 1.47. The molecule has 0 aliphatic carbocycles. The monoisotopic (exact) mass is 210 g/mol. The first-order valence-electron chi connectivity index (χ1n) is 4.52. The molecule has 0 spiro atoms. The Bertz CT molecular complexity index is 371. The topological polar surface area (TPSA) is 55.8 Å². The van der Waals surface area contributed by atoms with E-state index in [2.05, 4.69) is 0 Å². The lowest BCUT2D eigenvalue weighted by Crippen LogP contribution is -2.05. The number of benzene rings is 1. The van der Waals surface area contributed by atoms with Crippen LogP contribution in [-0.2, 0) is 11.2 Å². The van der Waals surface area contributed by atoms with E-state index in [0.29, 0.717) is 17.1 Å². The van der Waals surface area contributed by atoms with E-state index in [1.807, 2.05) is 13.0 Å². The second-order valence-electron chi connectivity index (χ2n) is 3.17. The van der Waals surface area contributed by atoms with Gasteiger partial charge in [-0.1, -0.05) is 6.07 Å². The van der Waals surface area contributed by atoms with Crippen LogP contribution in [0.4, 0.5) is 0 Å². The molecule has 0 fully saturated rings. The first-order valence-corrected chi connectivity index (χ1v) is 4.52. The van der Waals surface area contributed by atoms with Crippen LogP contribution >= 0.6 is 0 Å². The molecule has 15 heavy (non-hydrogen) atoms. The van der Waals surface area contributed by atoms with Gasteiger partial charge in [-0.2, -0.15) is 0 Å². The van der Waals surface area contributed by atoms with Crippen LogP contribution in [0.5, 0.6) is 11.5 Å². The molecule has 1 rings (SSSR count). The summed E-state index contributed by atoms with van der Waals surface area (Å²) < 4.78 is 10.3. The van der Waals surface area contributed by atoms with E-state index >= 15 is 0 Å². The van der Waals surface area contributed by atoms with Crippen molar-refractivity contribution in [2.75, 3.05) is 14.2 Å². The zero-order chi connectivity index (χ0) is 11.4. The van der Waals surface area contributed by atoms with Crippen LogP contribution in [0.2, 0.25) is 0 Å². The molecule has 0 aromatic heterocycles. The zero-order valence-electron chi connectivity index (χ0n) is 9.03. The maximum absolute atomic E-state index is 10.7. The normalized spacial score (nSPS) is 9.80. The number of carboxylic acid groups (broad SMARTS) is 1. The third-order valence-corrected chi connectivity index (χ3v) is 2.17. The number of hydrogen-bond acceptors (Lipinski definition) is 3. The average Bonchev–Trinajstić information content (AvgIpc) is 2.18. The zero-order valence-corrected chi connectivity index (χ0v) is 9.03. The number of aryl methyl sites for hydroxylation is 1. The van der Waals surface area contributed by atoms with Crippen molar-refractivity contribution in [2.45, 2.75) is 13.3 Å². The van der Waals surface area contributed by atoms with Crippen molar-refractivity contribution in [3.05, 3.63) is 23.3 Å². The van der Waals surface area contributed by atoms with Gasteiger partial charge < -0.3 is 14.6 Å². The lowest BCUT2D eigenvalue weighted by Gasteiger charge is -2.13. The molecule has 0 unspecified atom stereocenters. The molecule has 0 bridgehead atoms. The fourth-order valence-corrected chi connectivity index (χ4v) is 1.52. The highest BCUT2D eigenvalue weighted by molar-refractivity contribution is 5.73. The van der Waals surface area contributed by atoms with Gasteiger partial charge in [0.25, 0.3) is 0 Å². The lowest BCUT2D eigenvalue weighted by molar-refractivity contribution is -0.136. The molecule has 0 heterocycles. The molecule has 82 valence electrons. The van der Waals surface area contributed by atoms with Crippen LogP contribution in [0.3, 0.4) is 0 Å². The van der Waals surface area contributed by atoms with Crippen LogP contribution in [0, 0.1) is 6.92 Å². The summed E-state index contributed by atoms with van der Waals surface area (Å²) in [6.45, 7) is 1.86. The number of carbonyl (C=O) groups is 1. The molecule has 0 saturated carbocycles.